The normalized spacial score (nSPS) is 15.1. The zero-order valence-electron chi connectivity index (χ0n) is 18.2. The Hall–Kier alpha value is -2.87. The topological polar surface area (TPSA) is 69.7 Å². The van der Waals surface area contributed by atoms with Crippen molar-refractivity contribution in [2.45, 2.75) is 17.9 Å². The number of para-hydroxylation sites is 1. The van der Waals surface area contributed by atoms with Crippen molar-refractivity contribution in [3.63, 3.8) is 0 Å². The fourth-order valence-electron chi connectivity index (χ4n) is 3.86. The quantitative estimate of drug-likeness (QED) is 0.561. The Kier molecular flexibility index (Phi) is 7.33. The molecule has 0 aromatic heterocycles. The van der Waals surface area contributed by atoms with Gasteiger partial charge in [0, 0.05) is 49.0 Å². The predicted molar refractivity (Wildman–Crippen MR) is 131 cm³/mol. The fourth-order valence-corrected chi connectivity index (χ4v) is 5.04. The molecule has 0 atom stereocenters. The third kappa shape index (κ3) is 6.13. The lowest BCUT2D eigenvalue weighted by atomic mass is 10.2. The molecule has 1 aliphatic rings. The van der Waals surface area contributed by atoms with E-state index in [4.69, 9.17) is 11.6 Å². The molecule has 3 aromatic carbocycles. The van der Waals surface area contributed by atoms with E-state index in [2.05, 4.69) is 9.62 Å². The molecule has 0 saturated carbocycles. The van der Waals surface area contributed by atoms with Gasteiger partial charge in [-0.3, -0.25) is 14.4 Å². The van der Waals surface area contributed by atoms with Gasteiger partial charge in [-0.25, -0.2) is 8.42 Å². The van der Waals surface area contributed by atoms with Gasteiger partial charge in [0.25, 0.3) is 15.9 Å². The number of anilines is 1. The number of sulfonamides is 1. The number of nitrogens with one attached hydrogen (secondary N) is 1. The summed E-state index contributed by atoms with van der Waals surface area (Å²) < 4.78 is 27.8. The van der Waals surface area contributed by atoms with Gasteiger partial charge in [-0.2, -0.15) is 0 Å². The molecule has 1 fully saturated rings. The first-order valence-electron chi connectivity index (χ1n) is 10.8. The van der Waals surface area contributed by atoms with Crippen molar-refractivity contribution in [3.8, 4) is 0 Å². The summed E-state index contributed by atoms with van der Waals surface area (Å²) in [7, 11) is -3.72. The van der Waals surface area contributed by atoms with Gasteiger partial charge < -0.3 is 4.90 Å². The van der Waals surface area contributed by atoms with Crippen molar-refractivity contribution in [1.82, 2.24) is 9.80 Å². The predicted octanol–water partition coefficient (Wildman–Crippen LogP) is 4.49. The SMILES string of the molecule is O=C(c1ccc(S(=O)(=O)Nc2ccccc2)cc1)N1CCCN(Cc2ccc(Cl)cc2)CC1. The van der Waals surface area contributed by atoms with Crippen LogP contribution in [0.1, 0.15) is 22.3 Å². The molecule has 0 unspecified atom stereocenters. The monoisotopic (exact) mass is 483 g/mol. The summed E-state index contributed by atoms with van der Waals surface area (Å²) in [4.78, 5) is 17.3. The largest absolute Gasteiger partial charge is 0.337 e. The van der Waals surface area contributed by atoms with Crippen LogP contribution in [-0.4, -0.2) is 50.3 Å². The molecular formula is C25H26ClN3O3S. The Balaban J connectivity index is 1.37. The Labute approximate surface area is 199 Å². The molecule has 0 spiro atoms. The van der Waals surface area contributed by atoms with Crippen LogP contribution < -0.4 is 4.72 Å². The minimum absolute atomic E-state index is 0.0803. The first-order chi connectivity index (χ1) is 15.9. The van der Waals surface area contributed by atoms with Crippen LogP contribution >= 0.6 is 11.6 Å². The zero-order valence-corrected chi connectivity index (χ0v) is 19.7. The number of carbonyl (C=O) groups excluding carboxylic acids is 1. The molecule has 1 saturated heterocycles. The van der Waals surface area contributed by atoms with E-state index in [1.807, 2.05) is 35.2 Å². The summed E-state index contributed by atoms with van der Waals surface area (Å²) in [6.07, 6.45) is 0.882. The fraction of sp³-hybridized carbons (Fsp3) is 0.240. The van der Waals surface area contributed by atoms with Gasteiger partial charge in [0.15, 0.2) is 0 Å². The maximum Gasteiger partial charge on any atom is 0.261 e. The molecule has 1 aliphatic heterocycles. The minimum atomic E-state index is -3.72. The molecule has 0 aliphatic carbocycles. The Morgan fingerprint density at radius 1 is 0.848 bits per heavy atom. The molecule has 6 nitrogen and oxygen atoms in total. The van der Waals surface area contributed by atoms with Gasteiger partial charge in [0.05, 0.1) is 4.90 Å². The molecule has 33 heavy (non-hydrogen) atoms. The van der Waals surface area contributed by atoms with Crippen molar-refractivity contribution in [2.24, 2.45) is 0 Å². The van der Waals surface area contributed by atoms with E-state index in [-0.39, 0.29) is 10.8 Å². The average Bonchev–Trinajstić information content (AvgIpc) is 3.06. The summed E-state index contributed by atoms with van der Waals surface area (Å²) in [6.45, 7) is 3.81. The molecule has 1 N–H and O–H groups in total. The Morgan fingerprint density at radius 3 is 2.24 bits per heavy atom. The van der Waals surface area contributed by atoms with Gasteiger partial charge in [0.1, 0.15) is 0 Å². The number of rotatable bonds is 6. The van der Waals surface area contributed by atoms with E-state index in [9.17, 15) is 13.2 Å². The van der Waals surface area contributed by atoms with Gasteiger partial charge >= 0.3 is 0 Å². The number of hydrogen-bond donors (Lipinski definition) is 1. The van der Waals surface area contributed by atoms with Crippen LogP contribution in [0.25, 0.3) is 0 Å². The number of nitrogens with zero attached hydrogens (tertiary/aromatic N) is 2. The summed E-state index contributed by atoms with van der Waals surface area (Å²) >= 11 is 5.97. The molecule has 4 rings (SSSR count). The maximum atomic E-state index is 13.0. The Morgan fingerprint density at radius 2 is 1.55 bits per heavy atom. The van der Waals surface area contributed by atoms with Gasteiger partial charge in [-0.1, -0.05) is 41.9 Å². The highest BCUT2D eigenvalue weighted by molar-refractivity contribution is 7.92. The second-order valence-corrected chi connectivity index (χ2v) is 10.2. The number of amides is 1. The summed E-state index contributed by atoms with van der Waals surface area (Å²) in [5.74, 6) is -0.0803. The average molecular weight is 484 g/mol. The van der Waals surface area contributed by atoms with Gasteiger partial charge in [0.2, 0.25) is 0 Å². The van der Waals surface area contributed by atoms with Crippen LogP contribution in [0.5, 0.6) is 0 Å². The van der Waals surface area contributed by atoms with Crippen molar-refractivity contribution in [1.29, 1.82) is 0 Å². The van der Waals surface area contributed by atoms with Crippen LogP contribution in [0.4, 0.5) is 5.69 Å². The molecular weight excluding hydrogens is 458 g/mol. The lowest BCUT2D eigenvalue weighted by Gasteiger charge is -2.22. The smallest absolute Gasteiger partial charge is 0.261 e. The highest BCUT2D eigenvalue weighted by atomic mass is 35.5. The van der Waals surface area contributed by atoms with Crippen LogP contribution in [0.3, 0.4) is 0 Å². The standard InChI is InChI=1S/C25H26ClN3O3S/c26-22-11-7-20(8-12-22)19-28-15-4-16-29(18-17-28)25(30)21-9-13-24(14-10-21)33(31,32)27-23-5-2-1-3-6-23/h1-3,5-14,27H,4,15-19H2. The molecule has 1 amide bonds. The third-order valence-electron chi connectivity index (χ3n) is 5.63. The zero-order chi connectivity index (χ0) is 23.3. The van der Waals surface area contributed by atoms with E-state index in [0.717, 1.165) is 31.1 Å². The van der Waals surface area contributed by atoms with Crippen LogP contribution in [-0.2, 0) is 16.6 Å². The Bertz CT molecular complexity index is 1180. The summed E-state index contributed by atoms with van der Waals surface area (Å²) in [5, 5.41) is 0.723. The van der Waals surface area contributed by atoms with Crippen molar-refractivity contribution in [2.75, 3.05) is 30.9 Å². The molecule has 1 heterocycles. The number of halogens is 1. The summed E-state index contributed by atoms with van der Waals surface area (Å²) in [6, 6.07) is 22.7. The van der Waals surface area contributed by atoms with Crippen LogP contribution in [0.15, 0.2) is 83.8 Å². The van der Waals surface area contributed by atoms with E-state index in [0.29, 0.717) is 24.3 Å². The first-order valence-corrected chi connectivity index (χ1v) is 12.7. The van der Waals surface area contributed by atoms with Crippen LogP contribution in [0.2, 0.25) is 5.02 Å². The van der Waals surface area contributed by atoms with E-state index >= 15 is 0 Å². The van der Waals surface area contributed by atoms with Crippen LogP contribution in [0, 0.1) is 0 Å². The highest BCUT2D eigenvalue weighted by Crippen LogP contribution is 2.18. The lowest BCUT2D eigenvalue weighted by Crippen LogP contribution is -2.35. The molecule has 0 bridgehead atoms. The van der Waals surface area contributed by atoms with E-state index < -0.39 is 10.0 Å². The molecule has 0 radical (unpaired) electrons. The molecule has 3 aromatic rings. The van der Waals surface area contributed by atoms with Gasteiger partial charge in [-0.05, 0) is 60.5 Å². The second kappa shape index (κ2) is 10.4. The van der Waals surface area contributed by atoms with Crippen molar-refractivity contribution in [3.05, 3.63) is 95.0 Å². The first kappa shape index (κ1) is 23.3. The molecule has 172 valence electrons. The van der Waals surface area contributed by atoms with Gasteiger partial charge in [-0.15, -0.1) is 0 Å². The maximum absolute atomic E-state index is 13.0. The number of carbonyl (C=O) groups is 1. The number of benzene rings is 3. The lowest BCUT2D eigenvalue weighted by molar-refractivity contribution is 0.0761. The molecule has 8 heteroatoms. The second-order valence-electron chi connectivity index (χ2n) is 8.04. The number of hydrogen-bond acceptors (Lipinski definition) is 4. The minimum Gasteiger partial charge on any atom is -0.337 e. The highest BCUT2D eigenvalue weighted by Gasteiger charge is 2.21. The van der Waals surface area contributed by atoms with E-state index in [1.165, 1.54) is 17.7 Å². The van der Waals surface area contributed by atoms with E-state index in [1.54, 1.807) is 36.4 Å². The third-order valence-corrected chi connectivity index (χ3v) is 7.28. The summed E-state index contributed by atoms with van der Waals surface area (Å²) in [5.41, 5.74) is 2.17. The van der Waals surface area contributed by atoms with Crippen molar-refractivity contribution >= 4 is 33.2 Å². The van der Waals surface area contributed by atoms with Crippen molar-refractivity contribution < 1.29 is 13.2 Å².